The Balaban J connectivity index is 2.15. The molecule has 1 aromatic heterocycles. The van der Waals surface area contributed by atoms with Crippen LogP contribution >= 0.6 is 11.6 Å². The minimum absolute atomic E-state index is 0.160. The number of benzene rings is 1. The van der Waals surface area contributed by atoms with Crippen molar-refractivity contribution in [2.45, 2.75) is 13.5 Å². The van der Waals surface area contributed by atoms with Gasteiger partial charge in [0.15, 0.2) is 0 Å². The summed E-state index contributed by atoms with van der Waals surface area (Å²) in [4.78, 5) is 15.3. The molecule has 0 aliphatic rings. The Morgan fingerprint density at radius 3 is 2.79 bits per heavy atom. The van der Waals surface area contributed by atoms with Crippen LogP contribution in [-0.2, 0) is 6.54 Å². The lowest BCUT2D eigenvalue weighted by Gasteiger charge is -2.10. The van der Waals surface area contributed by atoms with Gasteiger partial charge in [-0.25, -0.2) is 4.79 Å². The van der Waals surface area contributed by atoms with Gasteiger partial charge >= 0.3 is 5.97 Å². The van der Waals surface area contributed by atoms with Crippen LogP contribution in [0.1, 0.15) is 21.6 Å². The maximum absolute atomic E-state index is 11.1. The first kappa shape index (κ1) is 13.4. The molecule has 0 atom stereocenters. The van der Waals surface area contributed by atoms with Gasteiger partial charge in [-0.05, 0) is 36.8 Å². The van der Waals surface area contributed by atoms with E-state index in [-0.39, 0.29) is 5.56 Å². The van der Waals surface area contributed by atoms with E-state index in [0.29, 0.717) is 17.3 Å². The van der Waals surface area contributed by atoms with Crippen LogP contribution in [0.4, 0.5) is 5.69 Å². The molecular formula is C14H13ClN2O2. The quantitative estimate of drug-likeness (QED) is 0.899. The number of carboxylic acids is 1. The van der Waals surface area contributed by atoms with Crippen LogP contribution in [0.2, 0.25) is 5.02 Å². The normalized spacial score (nSPS) is 10.2. The summed E-state index contributed by atoms with van der Waals surface area (Å²) in [5.41, 5.74) is 2.63. The van der Waals surface area contributed by atoms with Crippen LogP contribution in [0.3, 0.4) is 0 Å². The van der Waals surface area contributed by atoms with E-state index in [0.717, 1.165) is 11.3 Å². The van der Waals surface area contributed by atoms with Crippen LogP contribution in [0.15, 0.2) is 36.5 Å². The van der Waals surface area contributed by atoms with Gasteiger partial charge in [0.2, 0.25) is 0 Å². The summed E-state index contributed by atoms with van der Waals surface area (Å²) < 4.78 is 0. The average molecular weight is 277 g/mol. The van der Waals surface area contributed by atoms with E-state index in [9.17, 15) is 4.79 Å². The molecule has 0 aliphatic carbocycles. The Morgan fingerprint density at radius 1 is 1.37 bits per heavy atom. The fourth-order valence-electron chi connectivity index (χ4n) is 1.65. The van der Waals surface area contributed by atoms with Gasteiger partial charge in [0.25, 0.3) is 0 Å². The predicted molar refractivity (Wildman–Crippen MR) is 74.7 cm³/mol. The van der Waals surface area contributed by atoms with Crippen molar-refractivity contribution in [3.8, 4) is 0 Å². The second-order valence-corrected chi connectivity index (χ2v) is 4.59. The first-order chi connectivity index (χ1) is 9.06. The zero-order valence-electron chi connectivity index (χ0n) is 10.4. The summed E-state index contributed by atoms with van der Waals surface area (Å²) in [7, 11) is 0. The highest BCUT2D eigenvalue weighted by Gasteiger charge is 2.10. The Hall–Kier alpha value is -2.07. The number of hydrogen-bond acceptors (Lipinski definition) is 3. The molecule has 98 valence electrons. The van der Waals surface area contributed by atoms with Crippen LogP contribution in [0, 0.1) is 6.92 Å². The monoisotopic (exact) mass is 276 g/mol. The van der Waals surface area contributed by atoms with E-state index >= 15 is 0 Å². The molecule has 19 heavy (non-hydrogen) atoms. The van der Waals surface area contributed by atoms with E-state index in [1.54, 1.807) is 18.3 Å². The van der Waals surface area contributed by atoms with Crippen LogP contribution in [0.5, 0.6) is 0 Å². The van der Waals surface area contributed by atoms with Crippen LogP contribution in [-0.4, -0.2) is 16.1 Å². The molecule has 2 aromatic rings. The maximum atomic E-state index is 11.1. The molecule has 4 nitrogen and oxygen atoms in total. The highest BCUT2D eigenvalue weighted by Crippen LogP contribution is 2.21. The third-order valence-electron chi connectivity index (χ3n) is 2.67. The number of halogens is 1. The number of carboxylic acid groups (broad SMARTS) is 1. The molecule has 0 unspecified atom stereocenters. The zero-order valence-corrected chi connectivity index (χ0v) is 11.1. The molecule has 0 amide bonds. The van der Waals surface area contributed by atoms with Crippen molar-refractivity contribution < 1.29 is 9.90 Å². The number of nitrogens with zero attached hydrogens (tertiary/aromatic N) is 1. The molecule has 1 aromatic carbocycles. The zero-order chi connectivity index (χ0) is 13.8. The van der Waals surface area contributed by atoms with Crippen LogP contribution in [0.25, 0.3) is 0 Å². The number of nitrogens with one attached hydrogen (secondary N) is 1. The Bertz CT molecular complexity index is 597. The highest BCUT2D eigenvalue weighted by atomic mass is 35.5. The first-order valence-electron chi connectivity index (χ1n) is 5.74. The average Bonchev–Trinajstić information content (AvgIpc) is 2.39. The van der Waals surface area contributed by atoms with E-state index in [4.69, 9.17) is 16.7 Å². The van der Waals surface area contributed by atoms with Crippen molar-refractivity contribution in [1.29, 1.82) is 0 Å². The summed E-state index contributed by atoms with van der Waals surface area (Å²) in [5.74, 6) is -1.01. The van der Waals surface area contributed by atoms with E-state index in [1.807, 2.05) is 19.1 Å². The number of carbonyl (C=O) groups is 1. The third kappa shape index (κ3) is 3.45. The van der Waals surface area contributed by atoms with Crippen molar-refractivity contribution in [3.05, 3.63) is 58.4 Å². The molecule has 0 fully saturated rings. The molecule has 0 aliphatic heterocycles. The van der Waals surface area contributed by atoms with Crippen molar-refractivity contribution in [2.75, 3.05) is 5.32 Å². The maximum Gasteiger partial charge on any atom is 0.337 e. The minimum atomic E-state index is -1.01. The van der Waals surface area contributed by atoms with Crippen molar-refractivity contribution >= 4 is 23.3 Å². The molecule has 0 saturated carbocycles. The lowest BCUT2D eigenvalue weighted by Crippen LogP contribution is -2.06. The fourth-order valence-corrected chi connectivity index (χ4v) is 1.82. The summed E-state index contributed by atoms with van der Waals surface area (Å²) in [5, 5.41) is 12.6. The molecular weight excluding hydrogens is 264 g/mol. The Labute approximate surface area is 116 Å². The lowest BCUT2D eigenvalue weighted by molar-refractivity contribution is 0.0698. The summed E-state index contributed by atoms with van der Waals surface area (Å²) in [6.07, 6.45) is 1.76. The number of pyridine rings is 1. The van der Waals surface area contributed by atoms with E-state index < -0.39 is 5.97 Å². The largest absolute Gasteiger partial charge is 0.478 e. The molecule has 0 bridgehead atoms. The Morgan fingerprint density at radius 2 is 2.16 bits per heavy atom. The van der Waals surface area contributed by atoms with Crippen LogP contribution < -0.4 is 5.32 Å². The molecule has 0 saturated heterocycles. The third-order valence-corrected chi connectivity index (χ3v) is 2.90. The van der Waals surface area contributed by atoms with Gasteiger partial charge in [-0.1, -0.05) is 17.7 Å². The number of aromatic nitrogens is 1. The first-order valence-corrected chi connectivity index (χ1v) is 6.12. The molecule has 1 heterocycles. The smallest absolute Gasteiger partial charge is 0.337 e. The standard InChI is InChI=1S/C14H13ClN2O2/c1-9-2-3-10(7-16-9)8-17-13-5-4-11(15)6-12(13)14(18)19/h2-7,17H,8H2,1H3,(H,18,19). The number of aromatic carboxylic acids is 1. The van der Waals surface area contributed by atoms with E-state index in [2.05, 4.69) is 10.3 Å². The number of hydrogen-bond donors (Lipinski definition) is 2. The molecule has 0 spiro atoms. The second-order valence-electron chi connectivity index (χ2n) is 4.16. The fraction of sp³-hybridized carbons (Fsp3) is 0.143. The molecule has 5 heteroatoms. The van der Waals surface area contributed by atoms with Crippen molar-refractivity contribution in [3.63, 3.8) is 0 Å². The summed E-state index contributed by atoms with van der Waals surface area (Å²) in [6.45, 7) is 2.42. The number of anilines is 1. The lowest BCUT2D eigenvalue weighted by atomic mass is 10.1. The highest BCUT2D eigenvalue weighted by molar-refractivity contribution is 6.31. The second kappa shape index (κ2) is 5.71. The number of rotatable bonds is 4. The predicted octanol–water partition coefficient (Wildman–Crippen LogP) is 3.35. The minimum Gasteiger partial charge on any atom is -0.478 e. The Kier molecular flexibility index (Phi) is 4.02. The van der Waals surface area contributed by atoms with Crippen molar-refractivity contribution in [1.82, 2.24) is 4.98 Å². The molecule has 2 N–H and O–H groups in total. The summed E-state index contributed by atoms with van der Waals surface area (Å²) in [6, 6.07) is 8.61. The number of aryl methyl sites for hydroxylation is 1. The van der Waals surface area contributed by atoms with Gasteiger partial charge in [0.05, 0.1) is 5.56 Å². The SMILES string of the molecule is Cc1ccc(CNc2ccc(Cl)cc2C(=O)O)cn1. The van der Waals surface area contributed by atoms with Gasteiger partial charge in [-0.3, -0.25) is 4.98 Å². The molecule has 2 rings (SSSR count). The summed E-state index contributed by atoms with van der Waals surface area (Å²) >= 11 is 5.79. The van der Waals surface area contributed by atoms with Gasteiger partial charge in [0.1, 0.15) is 0 Å². The van der Waals surface area contributed by atoms with Crippen molar-refractivity contribution in [2.24, 2.45) is 0 Å². The van der Waals surface area contributed by atoms with E-state index in [1.165, 1.54) is 6.07 Å². The molecule has 0 radical (unpaired) electrons. The van der Waals surface area contributed by atoms with Gasteiger partial charge in [-0.2, -0.15) is 0 Å². The van der Waals surface area contributed by atoms with Gasteiger partial charge < -0.3 is 10.4 Å². The van der Waals surface area contributed by atoms with Gasteiger partial charge in [-0.15, -0.1) is 0 Å². The van der Waals surface area contributed by atoms with Gasteiger partial charge in [0, 0.05) is 29.1 Å². The topological polar surface area (TPSA) is 62.2 Å².